The molecule has 0 N–H and O–H groups in total. The van der Waals surface area contributed by atoms with Crippen LogP contribution in [-0.2, 0) is 16.6 Å². The zero-order chi connectivity index (χ0) is 22.1. The molecule has 0 bridgehead atoms. The highest BCUT2D eigenvalue weighted by Gasteiger charge is 2.27. The van der Waals surface area contributed by atoms with E-state index in [0.29, 0.717) is 28.8 Å². The van der Waals surface area contributed by atoms with Crippen molar-refractivity contribution in [3.8, 4) is 17.2 Å². The lowest BCUT2D eigenvalue weighted by molar-refractivity contribution is 0.340. The van der Waals surface area contributed by atoms with Crippen LogP contribution in [0.3, 0.4) is 0 Å². The van der Waals surface area contributed by atoms with Crippen LogP contribution in [0.5, 0.6) is 5.75 Å². The van der Waals surface area contributed by atoms with Crippen LogP contribution in [0.25, 0.3) is 11.5 Å². The Morgan fingerprint density at radius 1 is 1.03 bits per heavy atom. The molecule has 3 rings (SSSR count). The van der Waals surface area contributed by atoms with Gasteiger partial charge in [-0.2, -0.15) is 4.31 Å². The van der Waals surface area contributed by atoms with E-state index in [2.05, 4.69) is 4.98 Å². The van der Waals surface area contributed by atoms with Crippen molar-refractivity contribution in [3.05, 3.63) is 64.5 Å². The number of rotatable bonds is 7. The van der Waals surface area contributed by atoms with Gasteiger partial charge in [-0.1, -0.05) is 17.7 Å². The predicted molar refractivity (Wildman–Crippen MR) is 117 cm³/mol. The number of benzene rings is 2. The number of aromatic nitrogens is 1. The molecule has 0 fully saturated rings. The van der Waals surface area contributed by atoms with Crippen molar-refractivity contribution in [2.75, 3.05) is 13.7 Å². The van der Waals surface area contributed by atoms with Crippen molar-refractivity contribution in [2.45, 2.75) is 46.1 Å². The molecule has 7 heteroatoms. The third-order valence-corrected chi connectivity index (χ3v) is 7.06. The highest BCUT2D eigenvalue weighted by atomic mass is 32.2. The lowest BCUT2D eigenvalue weighted by Gasteiger charge is -2.20. The van der Waals surface area contributed by atoms with Crippen molar-refractivity contribution in [1.82, 2.24) is 9.29 Å². The number of sulfonamides is 1. The summed E-state index contributed by atoms with van der Waals surface area (Å²) >= 11 is 0. The van der Waals surface area contributed by atoms with E-state index >= 15 is 0 Å². The summed E-state index contributed by atoms with van der Waals surface area (Å²) in [7, 11) is -2.10. The maximum absolute atomic E-state index is 13.2. The standard InChI is InChI=1S/C23H28N2O4S/c1-7-28-20-10-8-19(9-11-20)23-24-21(18(5)29-23)14-25(6)30(26,27)22-16(3)12-15(2)13-17(22)4/h8-13H,7,14H2,1-6H3. The van der Waals surface area contributed by atoms with E-state index in [9.17, 15) is 8.42 Å². The summed E-state index contributed by atoms with van der Waals surface area (Å²) in [5, 5.41) is 0. The Hall–Kier alpha value is -2.64. The first-order valence-corrected chi connectivity index (χ1v) is 11.3. The molecule has 6 nitrogen and oxygen atoms in total. The molecule has 2 aromatic carbocycles. The van der Waals surface area contributed by atoms with Gasteiger partial charge in [0.25, 0.3) is 0 Å². The van der Waals surface area contributed by atoms with Gasteiger partial charge in [-0.25, -0.2) is 13.4 Å². The Morgan fingerprint density at radius 3 is 2.20 bits per heavy atom. The van der Waals surface area contributed by atoms with Crippen LogP contribution in [0.1, 0.15) is 35.1 Å². The second kappa shape index (κ2) is 8.62. The predicted octanol–water partition coefficient (Wildman–Crippen LogP) is 4.79. The van der Waals surface area contributed by atoms with Gasteiger partial charge in [0.05, 0.1) is 23.7 Å². The number of oxazole rings is 1. The first-order valence-electron chi connectivity index (χ1n) is 9.87. The van der Waals surface area contributed by atoms with Crippen LogP contribution in [0, 0.1) is 27.7 Å². The molecule has 0 aliphatic heterocycles. The molecule has 0 spiro atoms. The van der Waals surface area contributed by atoms with Crippen molar-refractivity contribution in [1.29, 1.82) is 0 Å². The Bertz CT molecular complexity index is 1130. The third kappa shape index (κ3) is 4.42. The summed E-state index contributed by atoms with van der Waals surface area (Å²) in [6, 6.07) is 11.2. The second-order valence-corrected chi connectivity index (χ2v) is 9.45. The summed E-state index contributed by atoms with van der Waals surface area (Å²) in [5.41, 5.74) is 3.92. The summed E-state index contributed by atoms with van der Waals surface area (Å²) in [6.07, 6.45) is 0. The highest BCUT2D eigenvalue weighted by molar-refractivity contribution is 7.89. The molecule has 0 aliphatic rings. The third-order valence-electron chi connectivity index (χ3n) is 4.95. The first-order chi connectivity index (χ1) is 14.1. The first kappa shape index (κ1) is 22.1. The van der Waals surface area contributed by atoms with Gasteiger partial charge in [-0.05, 0) is 70.0 Å². The number of hydrogen-bond acceptors (Lipinski definition) is 5. The minimum atomic E-state index is -3.66. The smallest absolute Gasteiger partial charge is 0.243 e. The van der Waals surface area contributed by atoms with Gasteiger partial charge in [0.1, 0.15) is 11.5 Å². The average molecular weight is 429 g/mol. The van der Waals surface area contributed by atoms with Crippen LogP contribution in [-0.4, -0.2) is 31.4 Å². The Balaban J connectivity index is 1.86. The SMILES string of the molecule is CCOc1ccc(-c2nc(CN(C)S(=O)(=O)c3c(C)cc(C)cc3C)c(C)o2)cc1. The molecule has 160 valence electrons. The molecule has 0 saturated heterocycles. The fraction of sp³-hybridized carbons (Fsp3) is 0.348. The summed E-state index contributed by atoms with van der Waals surface area (Å²) < 4.78 is 39.1. The highest BCUT2D eigenvalue weighted by Crippen LogP contribution is 2.28. The number of nitrogens with zero attached hydrogens (tertiary/aromatic N) is 2. The topological polar surface area (TPSA) is 72.6 Å². The van der Waals surface area contributed by atoms with Gasteiger partial charge < -0.3 is 9.15 Å². The Labute approximate surface area is 178 Å². The largest absolute Gasteiger partial charge is 0.494 e. The van der Waals surface area contributed by atoms with E-state index in [0.717, 1.165) is 28.0 Å². The maximum Gasteiger partial charge on any atom is 0.243 e. The van der Waals surface area contributed by atoms with E-state index in [-0.39, 0.29) is 6.54 Å². The molecule has 0 amide bonds. The summed E-state index contributed by atoms with van der Waals surface area (Å²) in [5.74, 6) is 1.83. The zero-order valence-corrected chi connectivity index (χ0v) is 19.1. The van der Waals surface area contributed by atoms with Gasteiger partial charge >= 0.3 is 0 Å². The Kier molecular flexibility index (Phi) is 6.33. The van der Waals surface area contributed by atoms with Gasteiger partial charge in [0.2, 0.25) is 15.9 Å². The molecule has 0 radical (unpaired) electrons. The van der Waals surface area contributed by atoms with Gasteiger partial charge in [-0.3, -0.25) is 0 Å². The minimum absolute atomic E-state index is 0.126. The van der Waals surface area contributed by atoms with Crippen molar-refractivity contribution in [2.24, 2.45) is 0 Å². The van der Waals surface area contributed by atoms with Gasteiger partial charge in [0, 0.05) is 12.6 Å². The van der Waals surface area contributed by atoms with E-state index in [4.69, 9.17) is 9.15 Å². The Morgan fingerprint density at radius 2 is 1.63 bits per heavy atom. The van der Waals surface area contributed by atoms with Crippen LogP contribution in [0.15, 0.2) is 45.7 Å². The molecule has 0 atom stereocenters. The van der Waals surface area contributed by atoms with Crippen molar-refractivity contribution < 1.29 is 17.6 Å². The molecule has 0 saturated carbocycles. The lowest BCUT2D eigenvalue weighted by atomic mass is 10.1. The fourth-order valence-electron chi connectivity index (χ4n) is 3.58. The van der Waals surface area contributed by atoms with Crippen LogP contribution >= 0.6 is 0 Å². The molecule has 0 aliphatic carbocycles. The zero-order valence-electron chi connectivity index (χ0n) is 18.3. The van der Waals surface area contributed by atoms with Crippen molar-refractivity contribution >= 4 is 10.0 Å². The molecular formula is C23H28N2O4S. The number of hydrogen-bond donors (Lipinski definition) is 0. The van der Waals surface area contributed by atoms with Gasteiger partial charge in [0.15, 0.2) is 0 Å². The lowest BCUT2D eigenvalue weighted by Crippen LogP contribution is -2.28. The molecule has 1 heterocycles. The molecule has 3 aromatic rings. The number of ether oxygens (including phenoxy) is 1. The normalized spacial score (nSPS) is 11.8. The van der Waals surface area contributed by atoms with Crippen molar-refractivity contribution in [3.63, 3.8) is 0 Å². The summed E-state index contributed by atoms with van der Waals surface area (Å²) in [6.45, 7) is 10.1. The molecule has 1 aromatic heterocycles. The molecule has 0 unspecified atom stereocenters. The van der Waals surface area contributed by atoms with Crippen LogP contribution < -0.4 is 4.74 Å². The second-order valence-electron chi connectivity index (χ2n) is 7.47. The fourth-order valence-corrected chi connectivity index (χ4v) is 5.12. The van der Waals surface area contributed by atoms with E-state index < -0.39 is 10.0 Å². The van der Waals surface area contributed by atoms with E-state index in [1.165, 1.54) is 4.31 Å². The van der Waals surface area contributed by atoms with E-state index in [1.54, 1.807) is 14.0 Å². The molecular weight excluding hydrogens is 400 g/mol. The summed E-state index contributed by atoms with van der Waals surface area (Å²) in [4.78, 5) is 4.90. The van der Waals surface area contributed by atoms with E-state index in [1.807, 2.05) is 64.1 Å². The average Bonchev–Trinajstić information content (AvgIpc) is 3.02. The minimum Gasteiger partial charge on any atom is -0.494 e. The monoisotopic (exact) mass is 428 g/mol. The quantitative estimate of drug-likeness (QED) is 0.541. The van der Waals surface area contributed by atoms with Gasteiger partial charge in [-0.15, -0.1) is 0 Å². The van der Waals surface area contributed by atoms with Crippen LogP contribution in [0.4, 0.5) is 0 Å². The maximum atomic E-state index is 13.2. The molecule has 30 heavy (non-hydrogen) atoms. The van der Waals surface area contributed by atoms with Crippen LogP contribution in [0.2, 0.25) is 0 Å². The number of aryl methyl sites for hydroxylation is 4.